The molecule has 0 radical (unpaired) electrons. The van der Waals surface area contributed by atoms with Crippen molar-refractivity contribution in [3.05, 3.63) is 71.0 Å². The van der Waals surface area contributed by atoms with Gasteiger partial charge in [-0.3, -0.25) is 0 Å². The highest BCUT2D eigenvalue weighted by atomic mass is 19.2. The van der Waals surface area contributed by atoms with Crippen LogP contribution in [0.15, 0.2) is 42.5 Å². The summed E-state index contributed by atoms with van der Waals surface area (Å²) in [5.74, 6) is -2.17. The Labute approximate surface area is 97.0 Å². The molecule has 3 heteroatoms. The topological polar surface area (TPSA) is 0 Å². The van der Waals surface area contributed by atoms with Crippen molar-refractivity contribution in [1.29, 1.82) is 0 Å². The van der Waals surface area contributed by atoms with Crippen LogP contribution in [0.25, 0.3) is 12.2 Å². The molecule has 0 aromatic heterocycles. The summed E-state index contributed by atoms with van der Waals surface area (Å²) >= 11 is 0. The van der Waals surface area contributed by atoms with Crippen molar-refractivity contribution in [1.82, 2.24) is 0 Å². The SMILES string of the molecule is Fc1ccc(C=Cc2ccccc2F)cc1F. The Morgan fingerprint density at radius 3 is 2.18 bits per heavy atom. The van der Waals surface area contributed by atoms with Gasteiger partial charge in [0, 0.05) is 5.56 Å². The molecule has 0 aliphatic heterocycles. The van der Waals surface area contributed by atoms with Gasteiger partial charge in [-0.05, 0) is 23.8 Å². The van der Waals surface area contributed by atoms with Crippen LogP contribution in [-0.4, -0.2) is 0 Å². The Morgan fingerprint density at radius 2 is 1.47 bits per heavy atom. The summed E-state index contributed by atoms with van der Waals surface area (Å²) < 4.78 is 38.8. The molecular weight excluding hydrogens is 225 g/mol. The summed E-state index contributed by atoms with van der Waals surface area (Å²) in [7, 11) is 0. The monoisotopic (exact) mass is 234 g/mol. The standard InChI is InChI=1S/C14H9F3/c15-12-4-2-1-3-11(12)7-5-10-6-8-13(16)14(17)9-10/h1-9H. The second kappa shape index (κ2) is 4.87. The molecule has 2 rings (SSSR count). The van der Waals surface area contributed by atoms with E-state index in [1.54, 1.807) is 18.2 Å². The largest absolute Gasteiger partial charge is 0.206 e. The Hall–Kier alpha value is -2.03. The zero-order valence-electron chi connectivity index (χ0n) is 8.83. The first-order chi connectivity index (χ1) is 8.16. The van der Waals surface area contributed by atoms with E-state index in [9.17, 15) is 13.2 Å². The molecule has 0 spiro atoms. The van der Waals surface area contributed by atoms with Crippen molar-refractivity contribution in [2.45, 2.75) is 0 Å². The Balaban J connectivity index is 2.26. The summed E-state index contributed by atoms with van der Waals surface area (Å²) in [4.78, 5) is 0. The first kappa shape index (κ1) is 11.5. The molecule has 0 N–H and O–H groups in total. The van der Waals surface area contributed by atoms with Crippen molar-refractivity contribution in [2.75, 3.05) is 0 Å². The second-order valence-electron chi connectivity index (χ2n) is 3.53. The molecule has 86 valence electrons. The fourth-order valence-electron chi connectivity index (χ4n) is 1.41. The lowest BCUT2D eigenvalue weighted by Gasteiger charge is -1.97. The molecule has 0 saturated heterocycles. The van der Waals surface area contributed by atoms with Crippen molar-refractivity contribution in [2.24, 2.45) is 0 Å². The number of benzene rings is 2. The van der Waals surface area contributed by atoms with Gasteiger partial charge in [-0.1, -0.05) is 36.4 Å². The molecule has 0 aliphatic carbocycles. The smallest absolute Gasteiger partial charge is 0.159 e. The molecule has 0 amide bonds. The van der Waals surface area contributed by atoms with Gasteiger partial charge in [0.25, 0.3) is 0 Å². The highest BCUT2D eigenvalue weighted by Gasteiger charge is 2.00. The molecular formula is C14H9F3. The van der Waals surface area contributed by atoms with Gasteiger partial charge in [0.2, 0.25) is 0 Å². The maximum atomic E-state index is 13.3. The van der Waals surface area contributed by atoms with Crippen LogP contribution in [0, 0.1) is 17.5 Å². The van der Waals surface area contributed by atoms with Crippen LogP contribution in [0.5, 0.6) is 0 Å². The minimum atomic E-state index is -0.916. The predicted octanol–water partition coefficient (Wildman–Crippen LogP) is 4.27. The van der Waals surface area contributed by atoms with E-state index in [0.29, 0.717) is 11.1 Å². The first-order valence-corrected chi connectivity index (χ1v) is 5.04. The van der Waals surface area contributed by atoms with Crippen LogP contribution >= 0.6 is 0 Å². The highest BCUT2D eigenvalue weighted by Crippen LogP contribution is 2.14. The summed E-state index contributed by atoms with van der Waals surface area (Å²) in [6.45, 7) is 0. The highest BCUT2D eigenvalue weighted by molar-refractivity contribution is 5.69. The van der Waals surface area contributed by atoms with Crippen molar-refractivity contribution in [3.8, 4) is 0 Å². The van der Waals surface area contributed by atoms with Gasteiger partial charge in [-0.15, -0.1) is 0 Å². The van der Waals surface area contributed by atoms with Crippen LogP contribution < -0.4 is 0 Å². The third-order valence-electron chi connectivity index (χ3n) is 2.30. The summed E-state index contributed by atoms with van der Waals surface area (Å²) in [5.41, 5.74) is 0.879. The average molecular weight is 234 g/mol. The lowest BCUT2D eigenvalue weighted by molar-refractivity contribution is 0.508. The zero-order chi connectivity index (χ0) is 12.3. The Morgan fingerprint density at radius 1 is 0.706 bits per heavy atom. The quantitative estimate of drug-likeness (QED) is 0.680. The van der Waals surface area contributed by atoms with E-state index in [1.807, 2.05) is 0 Å². The third-order valence-corrected chi connectivity index (χ3v) is 2.30. The third kappa shape index (κ3) is 2.75. The van der Waals surface area contributed by atoms with Crippen LogP contribution in [-0.2, 0) is 0 Å². The molecule has 0 bridgehead atoms. The minimum Gasteiger partial charge on any atom is -0.206 e. The van der Waals surface area contributed by atoms with E-state index in [1.165, 1.54) is 24.3 Å². The first-order valence-electron chi connectivity index (χ1n) is 5.04. The minimum absolute atomic E-state index is 0.355. The van der Waals surface area contributed by atoms with E-state index in [-0.39, 0.29) is 5.82 Å². The maximum absolute atomic E-state index is 13.3. The van der Waals surface area contributed by atoms with E-state index < -0.39 is 11.6 Å². The molecule has 0 saturated carbocycles. The molecule has 0 atom stereocenters. The molecule has 0 aliphatic rings. The lowest BCUT2D eigenvalue weighted by Crippen LogP contribution is -1.84. The van der Waals surface area contributed by atoms with E-state index >= 15 is 0 Å². The average Bonchev–Trinajstić information content (AvgIpc) is 2.32. The molecule has 0 unspecified atom stereocenters. The lowest BCUT2D eigenvalue weighted by atomic mass is 10.1. The van der Waals surface area contributed by atoms with Gasteiger partial charge in [-0.2, -0.15) is 0 Å². The van der Waals surface area contributed by atoms with E-state index in [0.717, 1.165) is 12.1 Å². The van der Waals surface area contributed by atoms with E-state index in [2.05, 4.69) is 0 Å². The second-order valence-corrected chi connectivity index (χ2v) is 3.53. The maximum Gasteiger partial charge on any atom is 0.159 e. The van der Waals surface area contributed by atoms with Crippen LogP contribution in [0.2, 0.25) is 0 Å². The van der Waals surface area contributed by atoms with E-state index in [4.69, 9.17) is 0 Å². The van der Waals surface area contributed by atoms with Crippen molar-refractivity contribution >= 4 is 12.2 Å². The van der Waals surface area contributed by atoms with Crippen molar-refractivity contribution < 1.29 is 13.2 Å². The van der Waals surface area contributed by atoms with Crippen LogP contribution in [0.3, 0.4) is 0 Å². The molecule has 0 fully saturated rings. The van der Waals surface area contributed by atoms with Crippen molar-refractivity contribution in [3.63, 3.8) is 0 Å². The molecule has 0 heterocycles. The summed E-state index contributed by atoms with van der Waals surface area (Å²) in [5, 5.41) is 0. The normalized spacial score (nSPS) is 11.0. The number of hydrogen-bond donors (Lipinski definition) is 0. The Bertz CT molecular complexity index is 559. The van der Waals surface area contributed by atoms with Gasteiger partial charge >= 0.3 is 0 Å². The summed E-state index contributed by atoms with van der Waals surface area (Å²) in [6, 6.07) is 9.76. The van der Waals surface area contributed by atoms with Crippen LogP contribution in [0.4, 0.5) is 13.2 Å². The number of hydrogen-bond acceptors (Lipinski definition) is 0. The predicted molar refractivity (Wildman–Crippen MR) is 61.7 cm³/mol. The molecule has 2 aromatic rings. The fourth-order valence-corrected chi connectivity index (χ4v) is 1.41. The number of rotatable bonds is 2. The summed E-state index contributed by atoms with van der Waals surface area (Å²) in [6.07, 6.45) is 3.04. The zero-order valence-corrected chi connectivity index (χ0v) is 8.83. The Kier molecular flexibility index (Phi) is 3.28. The molecule has 2 aromatic carbocycles. The fraction of sp³-hybridized carbons (Fsp3) is 0. The van der Waals surface area contributed by atoms with Gasteiger partial charge in [0.05, 0.1) is 0 Å². The van der Waals surface area contributed by atoms with Gasteiger partial charge < -0.3 is 0 Å². The van der Waals surface area contributed by atoms with Gasteiger partial charge in [0.15, 0.2) is 11.6 Å². The molecule has 0 nitrogen and oxygen atoms in total. The molecule has 17 heavy (non-hydrogen) atoms. The van der Waals surface area contributed by atoms with Crippen LogP contribution in [0.1, 0.15) is 11.1 Å². The number of halogens is 3. The van der Waals surface area contributed by atoms with Gasteiger partial charge in [0.1, 0.15) is 5.82 Å². The van der Waals surface area contributed by atoms with Gasteiger partial charge in [-0.25, -0.2) is 13.2 Å².